The van der Waals surface area contributed by atoms with E-state index in [9.17, 15) is 9.59 Å². The van der Waals surface area contributed by atoms with Gasteiger partial charge < -0.3 is 15.0 Å². The molecule has 1 N–H and O–H groups in total. The molecule has 3 rings (SSSR count). The Bertz CT molecular complexity index is 508. The van der Waals surface area contributed by atoms with Gasteiger partial charge in [0.15, 0.2) is 0 Å². The molecule has 0 unspecified atom stereocenters. The molecule has 0 aromatic carbocycles. The van der Waals surface area contributed by atoms with E-state index >= 15 is 0 Å². The van der Waals surface area contributed by atoms with Crippen LogP contribution in [-0.2, 0) is 14.3 Å². The van der Waals surface area contributed by atoms with Crippen molar-refractivity contribution in [3.63, 3.8) is 0 Å². The van der Waals surface area contributed by atoms with Gasteiger partial charge >= 0.3 is 0 Å². The van der Waals surface area contributed by atoms with Crippen LogP contribution in [-0.4, -0.2) is 48.1 Å². The van der Waals surface area contributed by atoms with Gasteiger partial charge in [0.25, 0.3) is 0 Å². The number of carbonyl (C=O) groups is 2. The SMILES string of the molecule is CC[C@H](C)CC(=O)N1CCC2(CC[C@H](CNC(=O)C3CCCCC3)O2)CC1. The number of hydrogen-bond acceptors (Lipinski definition) is 3. The maximum atomic E-state index is 12.4. The maximum Gasteiger partial charge on any atom is 0.223 e. The van der Waals surface area contributed by atoms with E-state index in [0.29, 0.717) is 24.8 Å². The number of amides is 2. The Morgan fingerprint density at radius 3 is 2.48 bits per heavy atom. The van der Waals surface area contributed by atoms with Crippen LogP contribution < -0.4 is 5.32 Å². The highest BCUT2D eigenvalue weighted by Gasteiger charge is 2.43. The summed E-state index contributed by atoms with van der Waals surface area (Å²) >= 11 is 0. The first kappa shape index (κ1) is 20.6. The van der Waals surface area contributed by atoms with Gasteiger partial charge in [0.05, 0.1) is 11.7 Å². The lowest BCUT2D eigenvalue weighted by molar-refractivity contribution is -0.139. The number of piperidine rings is 1. The quantitative estimate of drug-likeness (QED) is 0.767. The predicted octanol–water partition coefficient (Wildman–Crippen LogP) is 3.66. The Morgan fingerprint density at radius 1 is 1.11 bits per heavy atom. The van der Waals surface area contributed by atoms with E-state index in [1.807, 2.05) is 4.90 Å². The number of carbonyl (C=O) groups excluding carboxylic acids is 2. The molecule has 27 heavy (non-hydrogen) atoms. The van der Waals surface area contributed by atoms with E-state index in [-0.39, 0.29) is 23.5 Å². The minimum absolute atomic E-state index is 0.0621. The van der Waals surface area contributed by atoms with Crippen LogP contribution in [0.15, 0.2) is 0 Å². The smallest absolute Gasteiger partial charge is 0.223 e. The average molecular weight is 379 g/mol. The standard InChI is InChI=1S/C22H38N2O3/c1-3-17(2)15-20(25)24-13-11-22(12-14-24)10-9-19(27-22)16-23-21(26)18-7-5-4-6-8-18/h17-19H,3-16H2,1-2H3,(H,23,26)/t17-,19+/m0/s1. The number of ether oxygens (including phenoxy) is 1. The van der Waals surface area contributed by atoms with Gasteiger partial charge in [-0.1, -0.05) is 39.5 Å². The average Bonchev–Trinajstić information content (AvgIpc) is 3.09. The van der Waals surface area contributed by atoms with Crippen molar-refractivity contribution in [3.8, 4) is 0 Å². The molecule has 3 fully saturated rings. The normalized spacial score (nSPS) is 26.9. The Morgan fingerprint density at radius 2 is 1.81 bits per heavy atom. The van der Waals surface area contributed by atoms with E-state index in [0.717, 1.165) is 58.0 Å². The van der Waals surface area contributed by atoms with E-state index in [2.05, 4.69) is 19.2 Å². The van der Waals surface area contributed by atoms with Crippen molar-refractivity contribution >= 4 is 11.8 Å². The molecule has 2 heterocycles. The molecular weight excluding hydrogens is 340 g/mol. The summed E-state index contributed by atoms with van der Waals surface area (Å²) in [6.07, 6.45) is 11.6. The predicted molar refractivity (Wildman–Crippen MR) is 106 cm³/mol. The second-order valence-corrected chi connectivity index (χ2v) is 9.14. The first-order valence-electron chi connectivity index (χ1n) is 11.2. The van der Waals surface area contributed by atoms with Crippen molar-refractivity contribution in [2.45, 2.75) is 96.2 Å². The summed E-state index contributed by atoms with van der Waals surface area (Å²) in [7, 11) is 0. The van der Waals surface area contributed by atoms with Gasteiger partial charge in [-0.3, -0.25) is 9.59 Å². The molecule has 1 aliphatic carbocycles. The number of nitrogens with one attached hydrogen (secondary N) is 1. The molecule has 2 saturated heterocycles. The van der Waals surface area contributed by atoms with Crippen molar-refractivity contribution in [1.29, 1.82) is 0 Å². The first-order chi connectivity index (χ1) is 13.0. The van der Waals surface area contributed by atoms with Crippen molar-refractivity contribution in [3.05, 3.63) is 0 Å². The molecule has 3 aliphatic rings. The van der Waals surface area contributed by atoms with Crippen LogP contribution in [0.5, 0.6) is 0 Å². The monoisotopic (exact) mass is 378 g/mol. The maximum absolute atomic E-state index is 12.4. The molecule has 154 valence electrons. The number of nitrogens with zero attached hydrogens (tertiary/aromatic N) is 1. The van der Waals surface area contributed by atoms with Gasteiger partial charge in [-0.25, -0.2) is 0 Å². The lowest BCUT2D eigenvalue weighted by atomic mass is 9.88. The molecule has 1 spiro atoms. The molecule has 0 radical (unpaired) electrons. The molecule has 0 bridgehead atoms. The van der Waals surface area contributed by atoms with Crippen molar-refractivity contribution < 1.29 is 14.3 Å². The van der Waals surface area contributed by atoms with Gasteiger partial charge in [0, 0.05) is 32.0 Å². The summed E-state index contributed by atoms with van der Waals surface area (Å²) in [6, 6.07) is 0. The van der Waals surface area contributed by atoms with Gasteiger partial charge in [0.1, 0.15) is 0 Å². The highest BCUT2D eigenvalue weighted by atomic mass is 16.5. The van der Waals surface area contributed by atoms with Crippen LogP contribution in [0.25, 0.3) is 0 Å². The number of likely N-dealkylation sites (tertiary alicyclic amines) is 1. The van der Waals surface area contributed by atoms with E-state index in [4.69, 9.17) is 4.74 Å². The fourth-order valence-corrected chi connectivity index (χ4v) is 4.87. The van der Waals surface area contributed by atoms with Gasteiger partial charge in [-0.15, -0.1) is 0 Å². The van der Waals surface area contributed by atoms with Crippen LogP contribution in [0.4, 0.5) is 0 Å². The summed E-state index contributed by atoms with van der Waals surface area (Å²) in [4.78, 5) is 26.8. The molecule has 5 nitrogen and oxygen atoms in total. The minimum Gasteiger partial charge on any atom is -0.370 e. The summed E-state index contributed by atoms with van der Waals surface area (Å²) in [5.74, 6) is 1.21. The van der Waals surface area contributed by atoms with Crippen LogP contribution in [0.2, 0.25) is 0 Å². The second-order valence-electron chi connectivity index (χ2n) is 9.14. The van der Waals surface area contributed by atoms with Crippen LogP contribution in [0, 0.1) is 11.8 Å². The lowest BCUT2D eigenvalue weighted by Crippen LogP contribution is -2.47. The molecule has 0 aromatic rings. The summed E-state index contributed by atoms with van der Waals surface area (Å²) in [5.41, 5.74) is -0.0621. The third kappa shape index (κ3) is 5.46. The summed E-state index contributed by atoms with van der Waals surface area (Å²) in [5, 5.41) is 3.14. The summed E-state index contributed by atoms with van der Waals surface area (Å²) in [6.45, 7) is 6.57. The van der Waals surface area contributed by atoms with Gasteiger partial charge in [-0.2, -0.15) is 0 Å². The molecule has 2 atom stereocenters. The lowest BCUT2D eigenvalue weighted by Gasteiger charge is -2.39. The van der Waals surface area contributed by atoms with Crippen LogP contribution in [0.1, 0.15) is 84.5 Å². The van der Waals surface area contributed by atoms with Crippen molar-refractivity contribution in [2.24, 2.45) is 11.8 Å². The van der Waals surface area contributed by atoms with E-state index < -0.39 is 0 Å². The van der Waals surface area contributed by atoms with Crippen LogP contribution in [0.3, 0.4) is 0 Å². The fourth-order valence-electron chi connectivity index (χ4n) is 4.87. The summed E-state index contributed by atoms with van der Waals surface area (Å²) < 4.78 is 6.41. The Balaban J connectivity index is 1.39. The molecule has 1 saturated carbocycles. The highest BCUT2D eigenvalue weighted by Crippen LogP contribution is 2.39. The molecule has 2 aliphatic heterocycles. The molecule has 0 aromatic heterocycles. The Kier molecular flexibility index (Phi) is 7.18. The second kappa shape index (κ2) is 9.40. The Hall–Kier alpha value is -1.10. The largest absolute Gasteiger partial charge is 0.370 e. The topological polar surface area (TPSA) is 58.6 Å². The van der Waals surface area contributed by atoms with E-state index in [1.54, 1.807) is 0 Å². The zero-order chi connectivity index (χ0) is 19.3. The van der Waals surface area contributed by atoms with Crippen molar-refractivity contribution in [2.75, 3.05) is 19.6 Å². The van der Waals surface area contributed by atoms with Crippen molar-refractivity contribution in [1.82, 2.24) is 10.2 Å². The number of rotatable bonds is 6. The molecule has 2 amide bonds. The van der Waals surface area contributed by atoms with Crippen LogP contribution >= 0.6 is 0 Å². The zero-order valence-corrected chi connectivity index (χ0v) is 17.3. The van der Waals surface area contributed by atoms with E-state index in [1.165, 1.54) is 19.3 Å². The minimum atomic E-state index is -0.0621. The zero-order valence-electron chi connectivity index (χ0n) is 17.3. The molecule has 5 heteroatoms. The third-order valence-corrected chi connectivity index (χ3v) is 7.07. The third-order valence-electron chi connectivity index (χ3n) is 7.07. The molecular formula is C22H38N2O3. The highest BCUT2D eigenvalue weighted by molar-refractivity contribution is 5.78. The fraction of sp³-hybridized carbons (Fsp3) is 0.909. The van der Waals surface area contributed by atoms with Gasteiger partial charge in [0.2, 0.25) is 11.8 Å². The van der Waals surface area contributed by atoms with Gasteiger partial charge in [-0.05, 0) is 44.4 Å². The first-order valence-corrected chi connectivity index (χ1v) is 11.2. The Labute approximate surface area is 164 Å². The number of hydrogen-bond donors (Lipinski definition) is 1.